The first-order valence-electron chi connectivity index (χ1n) is 4.29. The van der Waals surface area contributed by atoms with Gasteiger partial charge in [0.15, 0.2) is 0 Å². The second-order valence-electron chi connectivity index (χ2n) is 3.49. The van der Waals surface area contributed by atoms with Crippen LogP contribution >= 0.6 is 11.6 Å². The average molecular weight is 221 g/mol. The van der Waals surface area contributed by atoms with Gasteiger partial charge < -0.3 is 0 Å². The molecule has 4 heteroatoms. The van der Waals surface area contributed by atoms with Crippen molar-refractivity contribution in [3.8, 4) is 0 Å². The smallest absolute Gasteiger partial charge is 0.166 e. The van der Waals surface area contributed by atoms with Gasteiger partial charge in [0.2, 0.25) is 0 Å². The summed E-state index contributed by atoms with van der Waals surface area (Å²) in [4.78, 5) is 0. The molecule has 0 N–H and O–H groups in total. The lowest BCUT2D eigenvalue weighted by atomic mass is 9.81. The SMILES string of the molecule is Cc1c(Cl)cc(C(F)(F)F)c2c1CC2. The zero-order valence-electron chi connectivity index (χ0n) is 7.50. The van der Waals surface area contributed by atoms with Crippen molar-refractivity contribution >= 4 is 11.6 Å². The van der Waals surface area contributed by atoms with Gasteiger partial charge in [-0.2, -0.15) is 13.2 Å². The van der Waals surface area contributed by atoms with Crippen LogP contribution in [-0.4, -0.2) is 0 Å². The largest absolute Gasteiger partial charge is 0.416 e. The van der Waals surface area contributed by atoms with Crippen molar-refractivity contribution in [2.45, 2.75) is 25.9 Å². The first kappa shape index (κ1) is 9.84. The van der Waals surface area contributed by atoms with Gasteiger partial charge in [-0.1, -0.05) is 11.6 Å². The molecule has 0 aliphatic heterocycles. The predicted octanol–water partition coefficient (Wildman–Crippen LogP) is 3.77. The van der Waals surface area contributed by atoms with Crippen LogP contribution in [0.1, 0.15) is 22.3 Å². The molecule has 0 spiro atoms. The summed E-state index contributed by atoms with van der Waals surface area (Å²) >= 11 is 5.73. The molecule has 0 aromatic heterocycles. The van der Waals surface area contributed by atoms with Crippen molar-refractivity contribution in [2.75, 3.05) is 0 Å². The third-order valence-corrected chi connectivity index (χ3v) is 3.09. The Morgan fingerprint density at radius 2 is 1.79 bits per heavy atom. The fourth-order valence-corrected chi connectivity index (χ4v) is 2.03. The molecule has 0 fully saturated rings. The van der Waals surface area contributed by atoms with E-state index in [0.29, 0.717) is 18.4 Å². The van der Waals surface area contributed by atoms with Crippen LogP contribution in [0.4, 0.5) is 13.2 Å². The summed E-state index contributed by atoms with van der Waals surface area (Å²) in [6, 6.07) is 1.04. The third-order valence-electron chi connectivity index (χ3n) is 2.70. The first-order valence-corrected chi connectivity index (χ1v) is 4.67. The molecule has 2 rings (SSSR count). The minimum absolute atomic E-state index is 0.218. The lowest BCUT2D eigenvalue weighted by molar-refractivity contribution is -0.138. The number of benzene rings is 1. The summed E-state index contributed by atoms with van der Waals surface area (Å²) in [6.07, 6.45) is -3.05. The van der Waals surface area contributed by atoms with E-state index in [2.05, 4.69) is 0 Å². The molecule has 1 aromatic rings. The van der Waals surface area contributed by atoms with Crippen LogP contribution in [-0.2, 0) is 19.0 Å². The average Bonchev–Trinajstić information content (AvgIpc) is 1.96. The Balaban J connectivity index is 2.64. The van der Waals surface area contributed by atoms with Gasteiger partial charge in [0, 0.05) is 5.02 Å². The summed E-state index contributed by atoms with van der Waals surface area (Å²) in [5.41, 5.74) is 1.44. The van der Waals surface area contributed by atoms with Gasteiger partial charge in [0.1, 0.15) is 0 Å². The van der Waals surface area contributed by atoms with Crippen molar-refractivity contribution in [3.05, 3.63) is 33.3 Å². The maximum Gasteiger partial charge on any atom is 0.416 e. The van der Waals surface area contributed by atoms with Crippen LogP contribution in [0, 0.1) is 6.92 Å². The van der Waals surface area contributed by atoms with Gasteiger partial charge in [-0.15, -0.1) is 0 Å². The first-order chi connectivity index (χ1) is 6.41. The molecule has 1 aliphatic rings. The predicted molar refractivity (Wildman–Crippen MR) is 48.6 cm³/mol. The Labute approximate surface area is 84.7 Å². The molecule has 0 atom stereocenters. The second-order valence-corrected chi connectivity index (χ2v) is 3.89. The fraction of sp³-hybridized carbons (Fsp3) is 0.400. The van der Waals surface area contributed by atoms with E-state index in [4.69, 9.17) is 11.6 Å². The monoisotopic (exact) mass is 220 g/mol. The summed E-state index contributed by atoms with van der Waals surface area (Å²) in [5, 5.41) is 0.218. The molecule has 1 aromatic carbocycles. The van der Waals surface area contributed by atoms with E-state index in [1.165, 1.54) is 0 Å². The summed E-state index contributed by atoms with van der Waals surface area (Å²) < 4.78 is 37.5. The van der Waals surface area contributed by atoms with E-state index in [1.54, 1.807) is 6.92 Å². The lowest BCUT2D eigenvalue weighted by Crippen LogP contribution is -2.19. The van der Waals surface area contributed by atoms with Crippen molar-refractivity contribution < 1.29 is 13.2 Å². The minimum atomic E-state index is -4.28. The molecular formula is C10H8ClF3. The van der Waals surface area contributed by atoms with Crippen molar-refractivity contribution in [3.63, 3.8) is 0 Å². The maximum absolute atomic E-state index is 12.5. The van der Waals surface area contributed by atoms with Crippen molar-refractivity contribution in [1.82, 2.24) is 0 Å². The maximum atomic E-state index is 12.5. The Bertz CT molecular complexity index is 393. The minimum Gasteiger partial charge on any atom is -0.166 e. The molecule has 0 amide bonds. The Morgan fingerprint density at radius 3 is 2.21 bits per heavy atom. The van der Waals surface area contributed by atoms with Crippen LogP contribution in [0.2, 0.25) is 5.02 Å². The summed E-state index contributed by atoms with van der Waals surface area (Å²) in [6.45, 7) is 1.76. The normalized spacial score (nSPS) is 14.9. The van der Waals surface area contributed by atoms with Gasteiger partial charge in [-0.3, -0.25) is 0 Å². The van der Waals surface area contributed by atoms with Gasteiger partial charge in [0.05, 0.1) is 5.56 Å². The summed E-state index contributed by atoms with van der Waals surface area (Å²) in [5.74, 6) is 0. The van der Waals surface area contributed by atoms with Crippen molar-refractivity contribution in [2.24, 2.45) is 0 Å². The quantitative estimate of drug-likeness (QED) is 0.625. The molecule has 0 bridgehead atoms. The number of hydrogen-bond donors (Lipinski definition) is 0. The molecule has 1 aliphatic carbocycles. The molecule has 0 heterocycles. The number of hydrogen-bond acceptors (Lipinski definition) is 0. The number of alkyl halides is 3. The molecule has 0 unspecified atom stereocenters. The molecule has 0 saturated heterocycles. The van der Waals surface area contributed by atoms with E-state index in [9.17, 15) is 13.2 Å². The highest BCUT2D eigenvalue weighted by molar-refractivity contribution is 6.31. The molecule has 0 saturated carbocycles. The number of halogens is 4. The Morgan fingerprint density at radius 1 is 1.21 bits per heavy atom. The highest BCUT2D eigenvalue weighted by Gasteiger charge is 2.37. The van der Waals surface area contributed by atoms with E-state index >= 15 is 0 Å². The van der Waals surface area contributed by atoms with E-state index < -0.39 is 11.7 Å². The zero-order chi connectivity index (χ0) is 10.5. The standard InChI is InChI=1S/C10H8ClF3/c1-5-6-2-3-7(6)8(4-9(5)11)10(12,13)14/h4H,2-3H2,1H3. The van der Waals surface area contributed by atoms with Crippen LogP contribution in [0.15, 0.2) is 6.07 Å². The van der Waals surface area contributed by atoms with Crippen LogP contribution in [0.25, 0.3) is 0 Å². The van der Waals surface area contributed by atoms with Gasteiger partial charge in [-0.05, 0) is 42.5 Å². The molecule has 14 heavy (non-hydrogen) atoms. The molecule has 0 radical (unpaired) electrons. The third kappa shape index (κ3) is 1.31. The molecule has 0 nitrogen and oxygen atoms in total. The van der Waals surface area contributed by atoms with Crippen LogP contribution < -0.4 is 0 Å². The number of fused-ring (bicyclic) bond motifs is 1. The van der Waals surface area contributed by atoms with E-state index in [0.717, 1.165) is 17.2 Å². The van der Waals surface area contributed by atoms with E-state index in [1.807, 2.05) is 0 Å². The second kappa shape index (κ2) is 2.89. The Hall–Kier alpha value is -0.700. The lowest BCUT2D eigenvalue weighted by Gasteiger charge is -2.26. The number of rotatable bonds is 0. The fourth-order valence-electron chi connectivity index (χ4n) is 1.81. The van der Waals surface area contributed by atoms with E-state index in [-0.39, 0.29) is 5.02 Å². The Kier molecular flexibility index (Phi) is 2.03. The summed E-state index contributed by atoms with van der Waals surface area (Å²) in [7, 11) is 0. The van der Waals surface area contributed by atoms with Gasteiger partial charge in [-0.25, -0.2) is 0 Å². The van der Waals surface area contributed by atoms with Crippen molar-refractivity contribution in [1.29, 1.82) is 0 Å². The molecular weight excluding hydrogens is 213 g/mol. The van der Waals surface area contributed by atoms with Crippen LogP contribution in [0.5, 0.6) is 0 Å². The van der Waals surface area contributed by atoms with Gasteiger partial charge >= 0.3 is 6.18 Å². The van der Waals surface area contributed by atoms with Crippen LogP contribution in [0.3, 0.4) is 0 Å². The topological polar surface area (TPSA) is 0 Å². The highest BCUT2D eigenvalue weighted by atomic mass is 35.5. The van der Waals surface area contributed by atoms with Gasteiger partial charge in [0.25, 0.3) is 0 Å². The highest BCUT2D eigenvalue weighted by Crippen LogP contribution is 2.41. The molecule has 76 valence electrons. The zero-order valence-corrected chi connectivity index (χ0v) is 8.26.